The lowest BCUT2D eigenvalue weighted by Gasteiger charge is -2.12. The van der Waals surface area contributed by atoms with Crippen LogP contribution in [0.25, 0.3) is 6.08 Å². The van der Waals surface area contributed by atoms with Crippen LogP contribution in [-0.2, 0) is 4.79 Å². The second-order valence-corrected chi connectivity index (χ2v) is 7.49. The number of hydrogen-bond donors (Lipinski definition) is 1. The number of aryl methyl sites for hydroxylation is 1. The summed E-state index contributed by atoms with van der Waals surface area (Å²) in [6.45, 7) is 2.84. The lowest BCUT2D eigenvalue weighted by atomic mass is 10.2. The second-order valence-electron chi connectivity index (χ2n) is 5.77. The third-order valence-electron chi connectivity index (χ3n) is 3.76. The molecular formula is C20H19NO4S2. The first-order valence-corrected chi connectivity index (χ1v) is 9.53. The summed E-state index contributed by atoms with van der Waals surface area (Å²) in [6, 6.07) is 13.4. The molecule has 7 heteroatoms. The topological polar surface area (TPSA) is 56.8 Å². The predicted molar refractivity (Wildman–Crippen MR) is 111 cm³/mol. The quantitative estimate of drug-likeness (QED) is 0.431. The average Bonchev–Trinajstić information content (AvgIpc) is 2.98. The maximum absolute atomic E-state index is 11.8. The minimum Gasteiger partial charge on any atom is -0.493 e. The first-order chi connectivity index (χ1) is 13.0. The standard InChI is InChI=1S/C20H19NO4S2/c1-13-3-6-15(7-4-13)24-9-10-25-16-8-5-14(11-17(16)23-2)12-18-19(22)21-20(26)27-18/h3-8,11-12H,9-10H2,1-2H3,(H,21,22,26). The minimum absolute atomic E-state index is 0.183. The van der Waals surface area contributed by atoms with Gasteiger partial charge in [-0.3, -0.25) is 4.79 Å². The third-order valence-corrected chi connectivity index (χ3v) is 4.92. The van der Waals surface area contributed by atoms with Crippen molar-refractivity contribution in [1.29, 1.82) is 0 Å². The van der Waals surface area contributed by atoms with Crippen molar-refractivity contribution in [2.24, 2.45) is 0 Å². The summed E-state index contributed by atoms with van der Waals surface area (Å²) < 4.78 is 17.3. The maximum atomic E-state index is 11.8. The highest BCUT2D eigenvalue weighted by Gasteiger charge is 2.22. The van der Waals surface area contributed by atoms with Gasteiger partial charge in [-0.25, -0.2) is 0 Å². The monoisotopic (exact) mass is 401 g/mol. The summed E-state index contributed by atoms with van der Waals surface area (Å²) in [5, 5.41) is 2.60. The van der Waals surface area contributed by atoms with E-state index < -0.39 is 0 Å². The summed E-state index contributed by atoms with van der Waals surface area (Å²) in [4.78, 5) is 12.3. The highest BCUT2D eigenvalue weighted by atomic mass is 32.2. The number of rotatable bonds is 7. The zero-order valence-electron chi connectivity index (χ0n) is 15.0. The Balaban J connectivity index is 1.59. The van der Waals surface area contributed by atoms with Crippen molar-refractivity contribution in [1.82, 2.24) is 5.32 Å². The molecule has 1 amide bonds. The molecule has 3 rings (SSSR count). The first-order valence-electron chi connectivity index (χ1n) is 8.30. The predicted octanol–water partition coefficient (Wildman–Crippen LogP) is 3.95. The van der Waals surface area contributed by atoms with Crippen LogP contribution in [-0.4, -0.2) is 30.6 Å². The fourth-order valence-electron chi connectivity index (χ4n) is 2.41. The fourth-order valence-corrected chi connectivity index (χ4v) is 3.46. The molecule has 0 saturated carbocycles. The number of carbonyl (C=O) groups excluding carboxylic acids is 1. The molecule has 0 aliphatic carbocycles. The number of methoxy groups -OCH3 is 1. The number of amides is 1. The molecule has 27 heavy (non-hydrogen) atoms. The molecule has 1 N–H and O–H groups in total. The molecule has 0 bridgehead atoms. The van der Waals surface area contributed by atoms with Gasteiger partial charge in [0, 0.05) is 0 Å². The van der Waals surface area contributed by atoms with Crippen LogP contribution in [0.1, 0.15) is 11.1 Å². The van der Waals surface area contributed by atoms with Crippen molar-refractivity contribution >= 4 is 40.3 Å². The van der Waals surface area contributed by atoms with Crippen LogP contribution in [0.15, 0.2) is 47.4 Å². The van der Waals surface area contributed by atoms with E-state index in [-0.39, 0.29) is 5.91 Å². The van der Waals surface area contributed by atoms with Gasteiger partial charge in [0.25, 0.3) is 5.91 Å². The number of carbonyl (C=O) groups is 1. The molecule has 0 aromatic heterocycles. The molecule has 0 radical (unpaired) electrons. The summed E-state index contributed by atoms with van der Waals surface area (Å²) in [5.74, 6) is 1.83. The van der Waals surface area contributed by atoms with Gasteiger partial charge in [0.05, 0.1) is 12.0 Å². The van der Waals surface area contributed by atoms with Gasteiger partial charge in [0.2, 0.25) is 0 Å². The molecule has 1 aliphatic heterocycles. The molecule has 5 nitrogen and oxygen atoms in total. The number of ether oxygens (including phenoxy) is 3. The fraction of sp³-hybridized carbons (Fsp3) is 0.200. The normalized spacial score (nSPS) is 15.0. The van der Waals surface area contributed by atoms with Gasteiger partial charge in [-0.1, -0.05) is 47.7 Å². The van der Waals surface area contributed by atoms with E-state index in [1.54, 1.807) is 13.2 Å². The van der Waals surface area contributed by atoms with E-state index in [0.717, 1.165) is 11.3 Å². The summed E-state index contributed by atoms with van der Waals surface area (Å²) in [7, 11) is 1.58. The Labute approximate surface area is 167 Å². The average molecular weight is 402 g/mol. The molecule has 2 aromatic carbocycles. The van der Waals surface area contributed by atoms with Crippen molar-refractivity contribution in [3.63, 3.8) is 0 Å². The number of thioether (sulfide) groups is 1. The molecule has 1 saturated heterocycles. The Morgan fingerprint density at radius 2 is 1.81 bits per heavy atom. The Morgan fingerprint density at radius 3 is 2.48 bits per heavy atom. The van der Waals surface area contributed by atoms with E-state index in [9.17, 15) is 4.79 Å². The van der Waals surface area contributed by atoms with Crippen molar-refractivity contribution in [3.8, 4) is 17.2 Å². The maximum Gasteiger partial charge on any atom is 0.263 e. The van der Waals surface area contributed by atoms with Crippen LogP contribution < -0.4 is 19.5 Å². The van der Waals surface area contributed by atoms with Crippen LogP contribution in [0.2, 0.25) is 0 Å². The lowest BCUT2D eigenvalue weighted by molar-refractivity contribution is -0.115. The largest absolute Gasteiger partial charge is 0.493 e. The van der Waals surface area contributed by atoms with Gasteiger partial charge in [0.15, 0.2) is 11.5 Å². The number of thiocarbonyl (C=S) groups is 1. The van der Waals surface area contributed by atoms with E-state index in [2.05, 4.69) is 5.32 Å². The zero-order chi connectivity index (χ0) is 19.2. The Hall–Kier alpha value is -2.51. The number of nitrogens with one attached hydrogen (secondary N) is 1. The zero-order valence-corrected chi connectivity index (χ0v) is 16.6. The van der Waals surface area contributed by atoms with Crippen molar-refractivity contribution in [2.75, 3.05) is 20.3 Å². The van der Waals surface area contributed by atoms with Crippen LogP contribution in [0.4, 0.5) is 0 Å². The molecule has 0 spiro atoms. The first kappa shape index (κ1) is 19.3. The summed E-state index contributed by atoms with van der Waals surface area (Å²) in [6.07, 6.45) is 1.77. The molecule has 0 unspecified atom stereocenters. The number of benzene rings is 2. The molecular weight excluding hydrogens is 382 g/mol. The SMILES string of the molecule is COc1cc(C=C2SC(=S)NC2=O)ccc1OCCOc1ccc(C)cc1. The van der Waals surface area contributed by atoms with E-state index in [1.807, 2.05) is 49.4 Å². The van der Waals surface area contributed by atoms with Gasteiger partial charge < -0.3 is 19.5 Å². The van der Waals surface area contributed by atoms with E-state index in [0.29, 0.717) is 33.9 Å². The molecule has 140 valence electrons. The third kappa shape index (κ3) is 5.24. The summed E-state index contributed by atoms with van der Waals surface area (Å²) >= 11 is 6.24. The van der Waals surface area contributed by atoms with E-state index in [4.69, 9.17) is 26.4 Å². The van der Waals surface area contributed by atoms with Gasteiger partial charge in [-0.2, -0.15) is 0 Å². The van der Waals surface area contributed by atoms with Crippen molar-refractivity contribution in [3.05, 3.63) is 58.5 Å². The number of hydrogen-bond acceptors (Lipinski definition) is 6. The van der Waals surface area contributed by atoms with E-state index >= 15 is 0 Å². The van der Waals surface area contributed by atoms with Gasteiger partial charge in [0.1, 0.15) is 23.3 Å². The molecule has 1 aliphatic rings. The molecule has 1 heterocycles. The van der Waals surface area contributed by atoms with Gasteiger partial charge >= 0.3 is 0 Å². The Morgan fingerprint density at radius 1 is 1.07 bits per heavy atom. The van der Waals surface area contributed by atoms with Crippen molar-refractivity contribution < 1.29 is 19.0 Å². The lowest BCUT2D eigenvalue weighted by Crippen LogP contribution is -2.17. The van der Waals surface area contributed by atoms with Crippen molar-refractivity contribution in [2.45, 2.75) is 6.92 Å². The Kier molecular flexibility index (Phi) is 6.36. The van der Waals surface area contributed by atoms with E-state index in [1.165, 1.54) is 17.3 Å². The molecule has 0 atom stereocenters. The Bertz CT molecular complexity index is 878. The minimum atomic E-state index is -0.183. The van der Waals surface area contributed by atoms with Gasteiger partial charge in [-0.15, -0.1) is 0 Å². The van der Waals surface area contributed by atoms with Crippen LogP contribution >= 0.6 is 24.0 Å². The van der Waals surface area contributed by atoms with Crippen LogP contribution in [0, 0.1) is 6.92 Å². The van der Waals surface area contributed by atoms with Gasteiger partial charge in [-0.05, 0) is 42.8 Å². The second kappa shape index (κ2) is 8.92. The highest BCUT2D eigenvalue weighted by molar-refractivity contribution is 8.26. The van der Waals surface area contributed by atoms with Crippen LogP contribution in [0.3, 0.4) is 0 Å². The molecule has 1 fully saturated rings. The highest BCUT2D eigenvalue weighted by Crippen LogP contribution is 2.31. The summed E-state index contributed by atoms with van der Waals surface area (Å²) in [5.41, 5.74) is 2.02. The smallest absolute Gasteiger partial charge is 0.263 e. The molecule has 2 aromatic rings. The van der Waals surface area contributed by atoms with Crippen LogP contribution in [0.5, 0.6) is 17.2 Å².